The molecule has 0 aliphatic heterocycles. The molecule has 0 atom stereocenters. The number of benzene rings is 2. The first kappa shape index (κ1) is 26.3. The molecule has 4 rings (SSSR count). The maximum absolute atomic E-state index is 12.5. The summed E-state index contributed by atoms with van der Waals surface area (Å²) in [6.45, 7) is 12.4. The summed E-state index contributed by atoms with van der Waals surface area (Å²) in [7, 11) is 0. The lowest BCUT2D eigenvalue weighted by atomic mass is 10.1. The van der Waals surface area contributed by atoms with E-state index in [4.69, 9.17) is 13.9 Å². The van der Waals surface area contributed by atoms with E-state index in [1.807, 2.05) is 84.0 Å². The fourth-order valence-corrected chi connectivity index (χ4v) is 3.72. The summed E-state index contributed by atoms with van der Waals surface area (Å²) < 4.78 is 17.4. The highest BCUT2D eigenvalue weighted by Gasteiger charge is 2.22. The van der Waals surface area contributed by atoms with Crippen LogP contribution < -0.4 is 10.1 Å². The molecule has 1 saturated carbocycles. The van der Waals surface area contributed by atoms with E-state index in [0.29, 0.717) is 23.0 Å². The first-order chi connectivity index (χ1) is 16.7. The average Bonchev–Trinajstić information content (AvgIpc) is 3.54. The van der Waals surface area contributed by atoms with Crippen LogP contribution in [0, 0.1) is 12.8 Å². The van der Waals surface area contributed by atoms with E-state index in [0.717, 1.165) is 28.6 Å². The van der Waals surface area contributed by atoms with Crippen LogP contribution in [-0.4, -0.2) is 24.0 Å². The third-order valence-electron chi connectivity index (χ3n) is 5.46. The van der Waals surface area contributed by atoms with Crippen LogP contribution in [-0.2, 0) is 22.6 Å². The molecule has 1 heterocycles. The number of esters is 1. The van der Waals surface area contributed by atoms with Gasteiger partial charge in [0.2, 0.25) is 0 Å². The van der Waals surface area contributed by atoms with Crippen LogP contribution in [0.15, 0.2) is 46.9 Å². The van der Waals surface area contributed by atoms with E-state index in [1.54, 1.807) is 0 Å². The highest BCUT2D eigenvalue weighted by molar-refractivity contribution is 5.98. The van der Waals surface area contributed by atoms with Gasteiger partial charge in [-0.25, -0.2) is 0 Å². The number of amides is 1. The van der Waals surface area contributed by atoms with Crippen molar-refractivity contribution in [3.8, 4) is 5.75 Å². The molecule has 6 nitrogen and oxygen atoms in total. The van der Waals surface area contributed by atoms with Gasteiger partial charge in [0, 0.05) is 23.1 Å². The predicted octanol–water partition coefficient (Wildman–Crippen LogP) is 6.37. The number of hydrogen-bond acceptors (Lipinski definition) is 5. The Labute approximate surface area is 208 Å². The van der Waals surface area contributed by atoms with Crippen molar-refractivity contribution in [2.75, 3.05) is 6.54 Å². The summed E-state index contributed by atoms with van der Waals surface area (Å²) in [5.41, 5.74) is 2.51. The Bertz CT molecular complexity index is 1170. The second-order valence-corrected chi connectivity index (χ2v) is 9.74. The second-order valence-electron chi connectivity index (χ2n) is 9.74. The van der Waals surface area contributed by atoms with Crippen molar-refractivity contribution in [2.24, 2.45) is 5.92 Å². The van der Waals surface area contributed by atoms with E-state index in [9.17, 15) is 9.59 Å². The van der Waals surface area contributed by atoms with Crippen molar-refractivity contribution >= 4 is 22.8 Å². The third kappa shape index (κ3) is 7.61. The Balaban J connectivity index is 0.00000167. The zero-order valence-electron chi connectivity index (χ0n) is 21.7. The second kappa shape index (κ2) is 11.4. The summed E-state index contributed by atoms with van der Waals surface area (Å²) in [5, 5.41) is 3.88. The van der Waals surface area contributed by atoms with Crippen molar-refractivity contribution in [1.82, 2.24) is 5.32 Å². The maximum atomic E-state index is 12.5. The first-order valence-corrected chi connectivity index (χ1v) is 12.4. The van der Waals surface area contributed by atoms with Gasteiger partial charge in [-0.15, -0.1) is 0 Å². The molecule has 1 fully saturated rings. The highest BCUT2D eigenvalue weighted by atomic mass is 16.6. The summed E-state index contributed by atoms with van der Waals surface area (Å²) in [6, 6.07) is 13.0. The lowest BCUT2D eigenvalue weighted by Crippen LogP contribution is -2.25. The maximum Gasteiger partial charge on any atom is 0.310 e. The number of carbonyl (C=O) groups excluding carboxylic acids is 2. The minimum Gasteiger partial charge on any atom is -0.485 e. The number of hydrogen-bond donors (Lipinski definition) is 1. The molecule has 35 heavy (non-hydrogen) atoms. The van der Waals surface area contributed by atoms with Gasteiger partial charge in [-0.1, -0.05) is 32.0 Å². The van der Waals surface area contributed by atoms with Crippen molar-refractivity contribution in [3.05, 3.63) is 64.9 Å². The Kier molecular flexibility index (Phi) is 8.60. The van der Waals surface area contributed by atoms with Gasteiger partial charge in [0.1, 0.15) is 29.3 Å². The van der Waals surface area contributed by atoms with Crippen LogP contribution in [0.4, 0.5) is 0 Å². The van der Waals surface area contributed by atoms with Gasteiger partial charge in [0.15, 0.2) is 0 Å². The van der Waals surface area contributed by atoms with E-state index in [2.05, 4.69) is 5.32 Å². The van der Waals surface area contributed by atoms with Crippen LogP contribution in [0.25, 0.3) is 11.0 Å². The van der Waals surface area contributed by atoms with E-state index in [1.165, 1.54) is 12.8 Å². The molecule has 1 aromatic heterocycles. The number of nitrogens with one attached hydrogen (secondary N) is 1. The van der Waals surface area contributed by atoms with Crippen LogP contribution >= 0.6 is 0 Å². The Morgan fingerprint density at radius 1 is 1.09 bits per heavy atom. The van der Waals surface area contributed by atoms with Gasteiger partial charge in [-0.05, 0) is 76.3 Å². The van der Waals surface area contributed by atoms with Crippen molar-refractivity contribution in [3.63, 3.8) is 0 Å². The Morgan fingerprint density at radius 2 is 1.80 bits per heavy atom. The Hall–Kier alpha value is -3.28. The molecule has 0 spiro atoms. The topological polar surface area (TPSA) is 77.8 Å². The number of furan rings is 1. The van der Waals surface area contributed by atoms with Gasteiger partial charge >= 0.3 is 5.97 Å². The molecule has 0 radical (unpaired) electrons. The Morgan fingerprint density at radius 3 is 2.49 bits per heavy atom. The number of carbonyl (C=O) groups is 2. The van der Waals surface area contributed by atoms with Gasteiger partial charge in [-0.2, -0.15) is 0 Å². The van der Waals surface area contributed by atoms with Gasteiger partial charge in [-0.3, -0.25) is 9.59 Å². The summed E-state index contributed by atoms with van der Waals surface area (Å²) in [5.74, 6) is 1.54. The summed E-state index contributed by atoms with van der Waals surface area (Å²) in [6.07, 6.45) is 2.53. The zero-order valence-corrected chi connectivity index (χ0v) is 21.7. The molecule has 0 saturated heterocycles. The SMILES string of the molecule is CC.Cc1cc(C(=O)NCC2CC2)cc2cc(COc3ccccc3CC(=O)OC(C)(C)C)oc12. The number of rotatable bonds is 8. The number of para-hydroxylation sites is 1. The van der Waals surface area contributed by atoms with Crippen molar-refractivity contribution < 1.29 is 23.5 Å². The van der Waals surface area contributed by atoms with Crippen LogP contribution in [0.3, 0.4) is 0 Å². The first-order valence-electron chi connectivity index (χ1n) is 12.4. The number of aryl methyl sites for hydroxylation is 1. The molecular weight excluding hydrogens is 442 g/mol. The predicted molar refractivity (Wildman–Crippen MR) is 138 cm³/mol. The highest BCUT2D eigenvalue weighted by Crippen LogP contribution is 2.29. The van der Waals surface area contributed by atoms with E-state index >= 15 is 0 Å². The van der Waals surface area contributed by atoms with Crippen molar-refractivity contribution in [1.29, 1.82) is 0 Å². The minimum atomic E-state index is -0.535. The molecule has 1 amide bonds. The molecule has 2 aromatic carbocycles. The van der Waals surface area contributed by atoms with Gasteiger partial charge in [0.25, 0.3) is 5.91 Å². The molecule has 188 valence electrons. The standard InChI is InChI=1S/C27H31NO5.C2H6/c1-17-11-21(26(30)28-15-18-9-10-18)12-20-13-22(32-25(17)20)16-31-23-8-6-5-7-19(23)14-24(29)33-27(2,3)4;1-2/h5-8,11-13,18H,9-10,14-16H2,1-4H3,(H,28,30);1-2H3. The van der Waals surface area contributed by atoms with Crippen LogP contribution in [0.5, 0.6) is 5.75 Å². The summed E-state index contributed by atoms with van der Waals surface area (Å²) in [4.78, 5) is 24.8. The molecule has 3 aromatic rings. The molecule has 0 unspecified atom stereocenters. The minimum absolute atomic E-state index is 0.0537. The lowest BCUT2D eigenvalue weighted by molar-refractivity contribution is -0.153. The fourth-order valence-electron chi connectivity index (χ4n) is 3.72. The van der Waals surface area contributed by atoms with Crippen LogP contribution in [0.1, 0.15) is 74.7 Å². The molecule has 1 aliphatic carbocycles. The zero-order chi connectivity index (χ0) is 25.6. The average molecular weight is 480 g/mol. The quantitative estimate of drug-likeness (QED) is 0.380. The number of ether oxygens (including phenoxy) is 2. The number of fused-ring (bicyclic) bond motifs is 1. The lowest BCUT2D eigenvalue weighted by Gasteiger charge is -2.20. The third-order valence-corrected chi connectivity index (χ3v) is 5.46. The molecule has 0 bridgehead atoms. The molecule has 6 heteroatoms. The van der Waals surface area contributed by atoms with E-state index < -0.39 is 5.60 Å². The molecule has 1 aliphatic rings. The van der Waals surface area contributed by atoms with Crippen LogP contribution in [0.2, 0.25) is 0 Å². The smallest absolute Gasteiger partial charge is 0.310 e. The monoisotopic (exact) mass is 479 g/mol. The van der Waals surface area contributed by atoms with Gasteiger partial charge in [0.05, 0.1) is 6.42 Å². The van der Waals surface area contributed by atoms with Crippen molar-refractivity contribution in [2.45, 2.75) is 73.0 Å². The summed E-state index contributed by atoms with van der Waals surface area (Å²) >= 11 is 0. The molecular formula is C29H37NO5. The normalized spacial score (nSPS) is 13.1. The largest absolute Gasteiger partial charge is 0.485 e. The van der Waals surface area contributed by atoms with E-state index in [-0.39, 0.29) is 24.9 Å². The fraction of sp³-hybridized carbons (Fsp3) is 0.448. The van der Waals surface area contributed by atoms with Gasteiger partial charge < -0.3 is 19.2 Å². The molecule has 1 N–H and O–H groups in total.